The number of aryl methyl sites for hydroxylation is 2. The first-order valence-corrected chi connectivity index (χ1v) is 13.7. The number of sulfonamides is 1. The van der Waals surface area contributed by atoms with Gasteiger partial charge in [0.2, 0.25) is 11.8 Å². The van der Waals surface area contributed by atoms with Gasteiger partial charge in [-0.2, -0.15) is 0 Å². The smallest absolute Gasteiger partial charge is 0.264 e. The molecule has 9 heteroatoms. The first-order chi connectivity index (χ1) is 17.0. The highest BCUT2D eigenvalue weighted by atomic mass is 79.9. The summed E-state index contributed by atoms with van der Waals surface area (Å²) in [6, 6.07) is 20.0. The Morgan fingerprint density at radius 3 is 2.25 bits per heavy atom. The number of rotatable bonds is 9. The van der Waals surface area contributed by atoms with E-state index < -0.39 is 28.5 Å². The molecule has 0 saturated heterocycles. The highest BCUT2D eigenvalue weighted by molar-refractivity contribution is 9.10. The van der Waals surface area contributed by atoms with Crippen LogP contribution >= 0.6 is 15.9 Å². The van der Waals surface area contributed by atoms with Crippen LogP contribution in [0.1, 0.15) is 23.6 Å². The molecule has 7 nitrogen and oxygen atoms in total. The number of nitrogens with one attached hydrogen (secondary N) is 1. The van der Waals surface area contributed by atoms with Gasteiger partial charge in [0.15, 0.2) is 0 Å². The molecule has 0 heterocycles. The minimum atomic E-state index is -4.08. The van der Waals surface area contributed by atoms with Gasteiger partial charge in [0.25, 0.3) is 10.0 Å². The zero-order chi connectivity index (χ0) is 26.5. The third-order valence-corrected chi connectivity index (χ3v) is 8.28. The standard InChI is InChI=1S/C27H30BrN3O4S/c1-19-12-14-25(15-13-19)36(34,35)31(24-11-7-10-23(28)16-24)18-26(32)30(21(3)27(33)29-4)17-22-9-6-5-8-20(22)2/h5-16,21H,17-18H2,1-4H3,(H,29,33)/t21-/m0/s1. The van der Waals surface area contributed by atoms with Gasteiger partial charge in [-0.25, -0.2) is 8.42 Å². The second-order valence-corrected chi connectivity index (χ2v) is 11.3. The van der Waals surface area contributed by atoms with Crippen LogP contribution < -0.4 is 9.62 Å². The Morgan fingerprint density at radius 2 is 1.64 bits per heavy atom. The maximum absolute atomic E-state index is 13.7. The van der Waals surface area contributed by atoms with Crippen molar-refractivity contribution in [1.29, 1.82) is 0 Å². The van der Waals surface area contributed by atoms with Gasteiger partial charge >= 0.3 is 0 Å². The van der Waals surface area contributed by atoms with Crippen LogP contribution in [0, 0.1) is 13.8 Å². The van der Waals surface area contributed by atoms with E-state index in [0.29, 0.717) is 10.2 Å². The normalized spacial score (nSPS) is 12.0. The van der Waals surface area contributed by atoms with E-state index >= 15 is 0 Å². The molecule has 0 spiro atoms. The van der Waals surface area contributed by atoms with E-state index in [1.165, 1.54) is 24.1 Å². The monoisotopic (exact) mass is 571 g/mol. The molecule has 36 heavy (non-hydrogen) atoms. The van der Waals surface area contributed by atoms with Gasteiger partial charge in [-0.15, -0.1) is 0 Å². The maximum atomic E-state index is 13.7. The van der Waals surface area contributed by atoms with Gasteiger partial charge in [-0.05, 0) is 62.2 Å². The molecule has 0 unspecified atom stereocenters. The number of benzene rings is 3. The van der Waals surface area contributed by atoms with Crippen LogP contribution in [0.25, 0.3) is 0 Å². The number of hydrogen-bond donors (Lipinski definition) is 1. The zero-order valence-corrected chi connectivity index (χ0v) is 23.1. The van der Waals surface area contributed by atoms with Crippen LogP contribution in [0.2, 0.25) is 0 Å². The molecule has 0 aliphatic rings. The zero-order valence-electron chi connectivity index (χ0n) is 20.7. The summed E-state index contributed by atoms with van der Waals surface area (Å²) in [5, 5.41) is 2.58. The minimum Gasteiger partial charge on any atom is -0.357 e. The van der Waals surface area contributed by atoms with E-state index in [1.54, 1.807) is 43.3 Å². The molecule has 3 aromatic rings. The summed E-state index contributed by atoms with van der Waals surface area (Å²) < 4.78 is 29.3. The summed E-state index contributed by atoms with van der Waals surface area (Å²) in [6.07, 6.45) is 0. The molecule has 3 rings (SSSR count). The van der Waals surface area contributed by atoms with Crippen molar-refractivity contribution in [3.8, 4) is 0 Å². The molecule has 2 amide bonds. The van der Waals surface area contributed by atoms with E-state index in [0.717, 1.165) is 21.0 Å². The summed E-state index contributed by atoms with van der Waals surface area (Å²) in [4.78, 5) is 27.8. The van der Waals surface area contributed by atoms with Crippen molar-refractivity contribution in [3.05, 3.63) is 94.0 Å². The molecular weight excluding hydrogens is 542 g/mol. The molecule has 0 aliphatic carbocycles. The van der Waals surface area contributed by atoms with Crippen LogP contribution in [0.4, 0.5) is 5.69 Å². The predicted octanol–water partition coefficient (Wildman–Crippen LogP) is 4.42. The number of anilines is 1. The fourth-order valence-corrected chi connectivity index (χ4v) is 5.55. The Bertz CT molecular complexity index is 1340. The highest BCUT2D eigenvalue weighted by Crippen LogP contribution is 2.27. The molecule has 0 fully saturated rings. The van der Waals surface area contributed by atoms with Crippen LogP contribution in [-0.2, 0) is 26.2 Å². The Balaban J connectivity index is 2.05. The lowest BCUT2D eigenvalue weighted by atomic mass is 10.1. The fourth-order valence-electron chi connectivity index (χ4n) is 3.76. The lowest BCUT2D eigenvalue weighted by Crippen LogP contribution is -2.50. The third kappa shape index (κ3) is 6.33. The molecular formula is C27H30BrN3O4S. The first kappa shape index (κ1) is 27.4. The lowest BCUT2D eigenvalue weighted by Gasteiger charge is -2.32. The second-order valence-electron chi connectivity index (χ2n) is 8.54. The summed E-state index contributed by atoms with van der Waals surface area (Å²) in [7, 11) is -2.58. The van der Waals surface area contributed by atoms with Crippen molar-refractivity contribution in [3.63, 3.8) is 0 Å². The van der Waals surface area contributed by atoms with Crippen molar-refractivity contribution < 1.29 is 18.0 Å². The lowest BCUT2D eigenvalue weighted by molar-refractivity contribution is -0.139. The van der Waals surface area contributed by atoms with Crippen molar-refractivity contribution in [2.75, 3.05) is 17.9 Å². The van der Waals surface area contributed by atoms with Crippen LogP contribution in [-0.4, -0.2) is 44.8 Å². The van der Waals surface area contributed by atoms with E-state index in [1.807, 2.05) is 38.1 Å². The molecule has 0 saturated carbocycles. The van der Waals surface area contributed by atoms with E-state index in [-0.39, 0.29) is 17.3 Å². The highest BCUT2D eigenvalue weighted by Gasteiger charge is 2.32. The number of nitrogens with zero attached hydrogens (tertiary/aromatic N) is 2. The van der Waals surface area contributed by atoms with Gasteiger partial charge in [0, 0.05) is 18.1 Å². The Hall–Kier alpha value is -3.17. The summed E-state index contributed by atoms with van der Waals surface area (Å²) >= 11 is 3.39. The number of halogens is 1. The predicted molar refractivity (Wildman–Crippen MR) is 145 cm³/mol. The number of likely N-dealkylation sites (N-methyl/N-ethyl adjacent to an activating group) is 1. The minimum absolute atomic E-state index is 0.0747. The molecule has 1 atom stereocenters. The van der Waals surface area contributed by atoms with Crippen LogP contribution in [0.3, 0.4) is 0 Å². The van der Waals surface area contributed by atoms with E-state index in [4.69, 9.17) is 0 Å². The summed E-state index contributed by atoms with van der Waals surface area (Å²) in [5.74, 6) is -0.836. The summed E-state index contributed by atoms with van der Waals surface area (Å²) in [5.41, 5.74) is 3.09. The molecule has 0 aromatic heterocycles. The quantitative estimate of drug-likeness (QED) is 0.411. The topological polar surface area (TPSA) is 86.8 Å². The molecule has 0 bridgehead atoms. The van der Waals surface area contributed by atoms with Crippen LogP contribution in [0.15, 0.2) is 82.2 Å². The van der Waals surface area contributed by atoms with Gasteiger partial charge in [0.1, 0.15) is 12.6 Å². The number of carbonyl (C=O) groups excluding carboxylic acids is 2. The number of hydrogen-bond acceptors (Lipinski definition) is 4. The van der Waals surface area contributed by atoms with Gasteiger partial charge in [-0.1, -0.05) is 64.0 Å². The largest absolute Gasteiger partial charge is 0.357 e. The van der Waals surface area contributed by atoms with Crippen molar-refractivity contribution in [1.82, 2.24) is 10.2 Å². The second kappa shape index (κ2) is 11.7. The number of carbonyl (C=O) groups is 2. The molecule has 0 aliphatic heterocycles. The maximum Gasteiger partial charge on any atom is 0.264 e. The third-order valence-electron chi connectivity index (χ3n) is 6.00. The van der Waals surface area contributed by atoms with E-state index in [9.17, 15) is 18.0 Å². The Kier molecular flexibility index (Phi) is 8.92. The van der Waals surface area contributed by atoms with Crippen molar-refractivity contribution in [2.24, 2.45) is 0 Å². The van der Waals surface area contributed by atoms with Crippen molar-refractivity contribution in [2.45, 2.75) is 38.3 Å². The number of amides is 2. The SMILES string of the molecule is CNC(=O)[C@H](C)N(Cc1ccccc1C)C(=O)CN(c1cccc(Br)c1)S(=O)(=O)c1ccc(C)cc1. The van der Waals surface area contributed by atoms with Gasteiger partial charge in [0.05, 0.1) is 10.6 Å². The summed E-state index contributed by atoms with van der Waals surface area (Å²) in [6.45, 7) is 5.12. The van der Waals surface area contributed by atoms with E-state index in [2.05, 4.69) is 21.2 Å². The Labute approximate surface area is 221 Å². The van der Waals surface area contributed by atoms with Crippen LogP contribution in [0.5, 0.6) is 0 Å². The Morgan fingerprint density at radius 1 is 0.972 bits per heavy atom. The van der Waals surface area contributed by atoms with Crippen molar-refractivity contribution >= 4 is 43.5 Å². The van der Waals surface area contributed by atoms with Gasteiger partial charge < -0.3 is 10.2 Å². The molecule has 190 valence electrons. The molecule has 0 radical (unpaired) electrons. The average Bonchev–Trinajstić information content (AvgIpc) is 2.85. The average molecular weight is 573 g/mol. The molecule has 1 N–H and O–H groups in total. The van der Waals surface area contributed by atoms with Gasteiger partial charge in [-0.3, -0.25) is 13.9 Å². The first-order valence-electron chi connectivity index (χ1n) is 11.4. The fraction of sp³-hybridized carbons (Fsp3) is 0.259. The molecule has 3 aromatic carbocycles.